The number of fused-ring (bicyclic) bond motifs is 1. The number of rotatable bonds is 2. The predicted octanol–water partition coefficient (Wildman–Crippen LogP) is -2.87. The molecule has 0 spiro atoms. The maximum atomic E-state index is 11.5. The Hall–Kier alpha value is -1.88. The van der Waals surface area contributed by atoms with E-state index in [1.807, 2.05) is 0 Å². The van der Waals surface area contributed by atoms with Crippen LogP contribution in [0.1, 0.15) is 6.23 Å². The van der Waals surface area contributed by atoms with E-state index < -0.39 is 36.7 Å². The van der Waals surface area contributed by atoms with Crippen LogP contribution in [0.5, 0.6) is 0 Å². The quantitative estimate of drug-likeness (QED) is 0.455. The highest BCUT2D eigenvalue weighted by Crippen LogP contribution is 2.29. The Balaban J connectivity index is 2.06. The zero-order valence-electron chi connectivity index (χ0n) is 9.54. The summed E-state index contributed by atoms with van der Waals surface area (Å²) in [6.07, 6.45) is -3.38. The Morgan fingerprint density at radius 2 is 2.21 bits per heavy atom. The fourth-order valence-corrected chi connectivity index (χ4v) is 2.03. The molecule has 4 N–H and O–H groups in total. The maximum absolute atomic E-state index is 11.5. The highest BCUT2D eigenvalue weighted by molar-refractivity contribution is 5.67. The number of nitrogens with zero attached hydrogens (tertiary/aromatic N) is 4. The van der Waals surface area contributed by atoms with Crippen molar-refractivity contribution in [3.05, 3.63) is 16.7 Å². The summed E-state index contributed by atoms with van der Waals surface area (Å²) < 4.78 is 6.39. The van der Waals surface area contributed by atoms with Crippen molar-refractivity contribution in [3.63, 3.8) is 0 Å². The first-order valence-corrected chi connectivity index (χ1v) is 5.54. The fraction of sp³-hybridized carbons (Fsp3) is 0.556. The molecular weight excluding hydrogens is 258 g/mol. The molecule has 2 aromatic rings. The van der Waals surface area contributed by atoms with Gasteiger partial charge in [-0.2, -0.15) is 4.68 Å². The molecule has 0 bridgehead atoms. The van der Waals surface area contributed by atoms with Crippen molar-refractivity contribution in [3.8, 4) is 0 Å². The van der Waals surface area contributed by atoms with Crippen LogP contribution < -0.4 is 5.56 Å². The van der Waals surface area contributed by atoms with E-state index in [2.05, 4.69) is 20.3 Å². The molecule has 1 aliphatic heterocycles. The number of hydrogen-bond acceptors (Lipinski definition) is 8. The summed E-state index contributed by atoms with van der Waals surface area (Å²) in [6.45, 7) is -0.449. The molecular formula is C9H11N5O5. The molecule has 0 amide bonds. The molecule has 3 rings (SSSR count). The zero-order chi connectivity index (χ0) is 13.6. The molecule has 0 radical (unpaired) electrons. The number of nitrogens with one attached hydrogen (secondary N) is 1. The van der Waals surface area contributed by atoms with Gasteiger partial charge >= 0.3 is 0 Å². The highest BCUT2D eigenvalue weighted by atomic mass is 16.6. The van der Waals surface area contributed by atoms with Crippen LogP contribution in [0.25, 0.3) is 11.2 Å². The fourth-order valence-electron chi connectivity index (χ4n) is 2.03. The third-order valence-corrected chi connectivity index (χ3v) is 3.03. The van der Waals surface area contributed by atoms with Gasteiger partial charge in [0.2, 0.25) is 0 Å². The van der Waals surface area contributed by atoms with E-state index in [1.54, 1.807) is 0 Å². The van der Waals surface area contributed by atoms with Crippen molar-refractivity contribution in [2.45, 2.75) is 24.5 Å². The third-order valence-electron chi connectivity index (χ3n) is 3.03. The summed E-state index contributed by atoms with van der Waals surface area (Å²) in [5, 5.41) is 35.9. The first-order valence-electron chi connectivity index (χ1n) is 5.54. The normalized spacial score (nSPS) is 31.1. The van der Waals surface area contributed by atoms with Crippen molar-refractivity contribution >= 4 is 11.2 Å². The van der Waals surface area contributed by atoms with Crippen molar-refractivity contribution in [1.29, 1.82) is 0 Å². The largest absolute Gasteiger partial charge is 0.394 e. The van der Waals surface area contributed by atoms with Gasteiger partial charge in [-0.25, -0.2) is 4.98 Å². The maximum Gasteiger partial charge on any atom is 0.280 e. The first-order chi connectivity index (χ1) is 9.13. The average molecular weight is 269 g/mol. The van der Waals surface area contributed by atoms with Gasteiger partial charge in [0.15, 0.2) is 17.4 Å². The minimum Gasteiger partial charge on any atom is -0.394 e. The number of aliphatic hydroxyl groups excluding tert-OH is 3. The van der Waals surface area contributed by atoms with Gasteiger partial charge in [0.25, 0.3) is 5.56 Å². The second kappa shape index (κ2) is 4.35. The van der Waals surface area contributed by atoms with Crippen LogP contribution in [0.2, 0.25) is 0 Å². The molecule has 0 saturated carbocycles. The van der Waals surface area contributed by atoms with E-state index in [-0.39, 0.29) is 11.2 Å². The molecule has 1 fully saturated rings. The predicted molar refractivity (Wildman–Crippen MR) is 59.0 cm³/mol. The number of aromatic amines is 1. The van der Waals surface area contributed by atoms with E-state index in [0.29, 0.717) is 0 Å². The average Bonchev–Trinajstić information content (AvgIpc) is 2.94. The van der Waals surface area contributed by atoms with Gasteiger partial charge in [0.05, 0.1) is 12.9 Å². The van der Waals surface area contributed by atoms with Crippen LogP contribution in [0.3, 0.4) is 0 Å². The lowest BCUT2D eigenvalue weighted by atomic mass is 10.1. The first kappa shape index (κ1) is 12.2. The number of H-pyrrole nitrogens is 1. The summed E-state index contributed by atoms with van der Waals surface area (Å²) in [4.78, 5) is 17.7. The Morgan fingerprint density at radius 1 is 1.42 bits per heavy atom. The Morgan fingerprint density at radius 3 is 2.89 bits per heavy atom. The molecule has 0 aliphatic carbocycles. The van der Waals surface area contributed by atoms with Crippen molar-refractivity contribution < 1.29 is 20.1 Å². The Bertz CT molecular complexity index is 654. The van der Waals surface area contributed by atoms with Gasteiger partial charge in [0, 0.05) is 0 Å². The third kappa shape index (κ3) is 1.73. The molecule has 2 aromatic heterocycles. The summed E-state index contributed by atoms with van der Waals surface area (Å²) in [5.41, 5.74) is -0.346. The summed E-state index contributed by atoms with van der Waals surface area (Å²) >= 11 is 0. The van der Waals surface area contributed by atoms with Gasteiger partial charge < -0.3 is 25.0 Å². The van der Waals surface area contributed by atoms with Crippen LogP contribution in [0.4, 0.5) is 0 Å². The van der Waals surface area contributed by atoms with Gasteiger partial charge in [-0.3, -0.25) is 4.79 Å². The van der Waals surface area contributed by atoms with Crippen LogP contribution in [-0.2, 0) is 4.74 Å². The van der Waals surface area contributed by atoms with Crippen LogP contribution in [0.15, 0.2) is 11.1 Å². The van der Waals surface area contributed by atoms with Crippen LogP contribution in [-0.4, -0.2) is 65.2 Å². The van der Waals surface area contributed by atoms with E-state index >= 15 is 0 Å². The van der Waals surface area contributed by atoms with E-state index in [1.165, 1.54) is 6.33 Å². The molecule has 1 saturated heterocycles. The van der Waals surface area contributed by atoms with E-state index in [0.717, 1.165) is 4.68 Å². The molecule has 10 heteroatoms. The SMILES string of the molecule is O=c1[nH]cnc2c1nnn2[C@H]1O[C@@H](CO)[C@@H](O)[C@H]1O. The molecule has 102 valence electrons. The van der Waals surface area contributed by atoms with Gasteiger partial charge in [-0.05, 0) is 0 Å². The summed E-state index contributed by atoms with van der Waals surface area (Å²) in [6, 6.07) is 0. The zero-order valence-corrected chi connectivity index (χ0v) is 9.54. The monoisotopic (exact) mass is 269 g/mol. The Kier molecular flexibility index (Phi) is 2.78. The van der Waals surface area contributed by atoms with Gasteiger partial charge in [0.1, 0.15) is 18.3 Å². The molecule has 0 unspecified atom stereocenters. The minimum absolute atomic E-state index is 0.000221. The minimum atomic E-state index is -1.30. The van der Waals surface area contributed by atoms with Crippen molar-refractivity contribution in [1.82, 2.24) is 25.0 Å². The lowest BCUT2D eigenvalue weighted by Gasteiger charge is -2.14. The smallest absolute Gasteiger partial charge is 0.280 e. The van der Waals surface area contributed by atoms with E-state index in [4.69, 9.17) is 9.84 Å². The highest BCUT2D eigenvalue weighted by Gasteiger charge is 2.44. The standard InChI is InChI=1S/C9H11N5O5/c15-1-3-5(16)6(17)9(19-3)14-7-4(12-13-14)8(18)11-2-10-7/h2-3,5-6,9,15-17H,1H2,(H,10,11,18)/t3-,5+,6+,9-/m0/s1. The molecule has 0 aromatic carbocycles. The van der Waals surface area contributed by atoms with Gasteiger partial charge in [-0.15, -0.1) is 5.10 Å². The van der Waals surface area contributed by atoms with Crippen LogP contribution >= 0.6 is 0 Å². The number of hydrogen-bond donors (Lipinski definition) is 4. The van der Waals surface area contributed by atoms with Crippen molar-refractivity contribution in [2.75, 3.05) is 6.61 Å². The van der Waals surface area contributed by atoms with Crippen molar-refractivity contribution in [2.24, 2.45) is 0 Å². The Labute approximate surface area is 105 Å². The topological polar surface area (TPSA) is 146 Å². The summed E-state index contributed by atoms with van der Waals surface area (Å²) in [7, 11) is 0. The molecule has 10 nitrogen and oxygen atoms in total. The molecule has 3 heterocycles. The van der Waals surface area contributed by atoms with Crippen LogP contribution in [0, 0.1) is 0 Å². The number of aliphatic hydroxyl groups is 3. The second-order valence-electron chi connectivity index (χ2n) is 4.17. The number of ether oxygens (including phenoxy) is 1. The molecule has 19 heavy (non-hydrogen) atoms. The number of aromatic nitrogens is 5. The van der Waals surface area contributed by atoms with Gasteiger partial charge in [-0.1, -0.05) is 5.21 Å². The van der Waals surface area contributed by atoms with E-state index in [9.17, 15) is 15.0 Å². The summed E-state index contributed by atoms with van der Waals surface area (Å²) in [5.74, 6) is 0. The molecule has 4 atom stereocenters. The second-order valence-corrected chi connectivity index (χ2v) is 4.17. The molecule has 1 aliphatic rings. The lowest BCUT2D eigenvalue weighted by molar-refractivity contribution is -0.0574. The lowest BCUT2D eigenvalue weighted by Crippen LogP contribution is -2.33.